The fraction of sp³-hybridized carbons (Fsp3) is 0.800. The number of amides is 1. The number of carboxylic acid groups (broad SMARTS) is 1. The summed E-state index contributed by atoms with van der Waals surface area (Å²) in [5.41, 5.74) is 5.68. The van der Waals surface area contributed by atoms with Crippen LogP contribution in [-0.4, -0.2) is 51.7 Å². The van der Waals surface area contributed by atoms with E-state index in [1.165, 1.54) is 0 Å². The molecule has 1 aliphatic rings. The molecular formula is C10H18N2O4. The first kappa shape index (κ1) is 12.9. The molecule has 0 aromatic heterocycles. The van der Waals surface area contributed by atoms with Crippen LogP contribution in [0.15, 0.2) is 0 Å². The molecule has 1 fully saturated rings. The normalized spacial score (nSPS) is 27.2. The van der Waals surface area contributed by atoms with Crippen molar-refractivity contribution in [2.45, 2.75) is 38.5 Å². The van der Waals surface area contributed by atoms with Gasteiger partial charge in [-0.2, -0.15) is 0 Å². The van der Waals surface area contributed by atoms with E-state index in [-0.39, 0.29) is 18.9 Å². The van der Waals surface area contributed by atoms with E-state index in [1.54, 1.807) is 13.8 Å². The summed E-state index contributed by atoms with van der Waals surface area (Å²) in [7, 11) is 0. The summed E-state index contributed by atoms with van der Waals surface area (Å²) in [4.78, 5) is 23.9. The number of rotatable bonds is 3. The van der Waals surface area contributed by atoms with E-state index in [0.29, 0.717) is 0 Å². The van der Waals surface area contributed by atoms with Crippen molar-refractivity contribution in [1.82, 2.24) is 4.90 Å². The molecule has 92 valence electrons. The molecule has 1 heterocycles. The molecule has 0 spiro atoms. The Morgan fingerprint density at radius 3 is 2.44 bits per heavy atom. The van der Waals surface area contributed by atoms with Crippen LogP contribution in [-0.2, 0) is 9.59 Å². The van der Waals surface area contributed by atoms with Gasteiger partial charge in [-0.05, 0) is 5.92 Å². The highest BCUT2D eigenvalue weighted by molar-refractivity contribution is 5.87. The van der Waals surface area contributed by atoms with Crippen LogP contribution in [0, 0.1) is 5.92 Å². The SMILES string of the molecule is CC(C)C(N)C(=O)N1CC(O)CC1C(=O)O. The lowest BCUT2D eigenvalue weighted by Crippen LogP contribution is -2.50. The Morgan fingerprint density at radius 1 is 1.44 bits per heavy atom. The number of aliphatic carboxylic acids is 1. The Kier molecular flexibility index (Phi) is 3.88. The molecule has 6 nitrogen and oxygen atoms in total. The number of β-amino-alcohol motifs (C(OH)–C–C–N with tert-alkyl or cyclic N) is 1. The van der Waals surface area contributed by atoms with Crippen molar-refractivity contribution in [3.8, 4) is 0 Å². The lowest BCUT2D eigenvalue weighted by atomic mass is 10.0. The van der Waals surface area contributed by atoms with Crippen LogP contribution < -0.4 is 5.73 Å². The predicted molar refractivity (Wildman–Crippen MR) is 56.6 cm³/mol. The zero-order chi connectivity index (χ0) is 12.5. The first-order valence-corrected chi connectivity index (χ1v) is 5.31. The summed E-state index contributed by atoms with van der Waals surface area (Å²) in [5, 5.41) is 18.3. The minimum atomic E-state index is -1.10. The molecule has 0 aromatic rings. The lowest BCUT2D eigenvalue weighted by molar-refractivity contribution is -0.149. The highest BCUT2D eigenvalue weighted by atomic mass is 16.4. The van der Waals surface area contributed by atoms with Gasteiger partial charge in [0.15, 0.2) is 0 Å². The van der Waals surface area contributed by atoms with Gasteiger partial charge < -0.3 is 20.8 Å². The maximum atomic E-state index is 11.9. The van der Waals surface area contributed by atoms with Gasteiger partial charge in [-0.25, -0.2) is 4.79 Å². The Morgan fingerprint density at radius 2 is 2.00 bits per heavy atom. The number of hydrogen-bond acceptors (Lipinski definition) is 4. The van der Waals surface area contributed by atoms with E-state index in [4.69, 9.17) is 10.8 Å². The number of hydrogen-bond donors (Lipinski definition) is 3. The zero-order valence-corrected chi connectivity index (χ0v) is 9.46. The second-order valence-electron chi connectivity index (χ2n) is 4.50. The summed E-state index contributed by atoms with van der Waals surface area (Å²) in [6.45, 7) is 3.64. The van der Waals surface area contributed by atoms with Crippen LogP contribution >= 0.6 is 0 Å². The maximum Gasteiger partial charge on any atom is 0.326 e. The standard InChI is InChI=1S/C10H18N2O4/c1-5(2)8(11)9(14)12-4-6(13)3-7(12)10(15)16/h5-8,13H,3-4,11H2,1-2H3,(H,15,16). The third-order valence-corrected chi connectivity index (χ3v) is 2.85. The van der Waals surface area contributed by atoms with Crippen molar-refractivity contribution in [1.29, 1.82) is 0 Å². The molecule has 16 heavy (non-hydrogen) atoms. The van der Waals surface area contributed by atoms with Crippen LogP contribution in [0.2, 0.25) is 0 Å². The fourth-order valence-electron chi connectivity index (χ4n) is 1.77. The van der Waals surface area contributed by atoms with Gasteiger partial charge in [0.25, 0.3) is 0 Å². The second kappa shape index (κ2) is 4.80. The van der Waals surface area contributed by atoms with Crippen molar-refractivity contribution in [3.05, 3.63) is 0 Å². The summed E-state index contributed by atoms with van der Waals surface area (Å²) in [6, 6.07) is -1.67. The van der Waals surface area contributed by atoms with E-state index >= 15 is 0 Å². The van der Waals surface area contributed by atoms with Crippen molar-refractivity contribution in [3.63, 3.8) is 0 Å². The first-order chi connectivity index (χ1) is 7.34. The summed E-state index contributed by atoms with van der Waals surface area (Å²) < 4.78 is 0. The number of aliphatic hydroxyl groups excluding tert-OH is 1. The molecule has 1 rings (SSSR count). The number of likely N-dealkylation sites (tertiary alicyclic amines) is 1. The number of nitrogens with zero attached hydrogens (tertiary/aromatic N) is 1. The highest BCUT2D eigenvalue weighted by Crippen LogP contribution is 2.20. The number of aliphatic hydroxyl groups is 1. The molecule has 1 saturated heterocycles. The van der Waals surface area contributed by atoms with Gasteiger partial charge >= 0.3 is 5.97 Å². The molecule has 1 amide bonds. The fourth-order valence-corrected chi connectivity index (χ4v) is 1.77. The monoisotopic (exact) mass is 230 g/mol. The molecular weight excluding hydrogens is 212 g/mol. The summed E-state index contributed by atoms with van der Waals surface area (Å²) >= 11 is 0. The molecule has 0 bridgehead atoms. The van der Waals surface area contributed by atoms with Crippen LogP contribution in [0.25, 0.3) is 0 Å². The van der Waals surface area contributed by atoms with Crippen molar-refractivity contribution in [2.75, 3.05) is 6.54 Å². The first-order valence-electron chi connectivity index (χ1n) is 5.31. The average Bonchev–Trinajstić information content (AvgIpc) is 2.58. The zero-order valence-electron chi connectivity index (χ0n) is 9.46. The summed E-state index contributed by atoms with van der Waals surface area (Å²) in [5.74, 6) is -1.56. The quantitative estimate of drug-likeness (QED) is 0.578. The molecule has 0 aromatic carbocycles. The summed E-state index contributed by atoms with van der Waals surface area (Å²) in [6.07, 6.45) is -0.698. The number of carboxylic acids is 1. The van der Waals surface area contributed by atoms with Crippen LogP contribution in [0.1, 0.15) is 20.3 Å². The van der Waals surface area contributed by atoms with E-state index in [1.807, 2.05) is 0 Å². The molecule has 1 aliphatic heterocycles. The number of carbonyl (C=O) groups excluding carboxylic acids is 1. The van der Waals surface area contributed by atoms with Gasteiger partial charge in [0.2, 0.25) is 5.91 Å². The van der Waals surface area contributed by atoms with Gasteiger partial charge in [-0.3, -0.25) is 4.79 Å². The smallest absolute Gasteiger partial charge is 0.326 e. The Balaban J connectivity index is 2.78. The Hall–Kier alpha value is -1.14. The predicted octanol–water partition coefficient (Wildman–Crippen LogP) is -0.984. The molecule has 3 atom stereocenters. The highest BCUT2D eigenvalue weighted by Gasteiger charge is 2.40. The minimum absolute atomic E-state index is 0.0518. The van der Waals surface area contributed by atoms with Crippen molar-refractivity contribution < 1.29 is 19.8 Å². The third-order valence-electron chi connectivity index (χ3n) is 2.85. The van der Waals surface area contributed by atoms with Gasteiger partial charge in [0, 0.05) is 13.0 Å². The molecule has 6 heteroatoms. The molecule has 0 saturated carbocycles. The van der Waals surface area contributed by atoms with Crippen molar-refractivity contribution >= 4 is 11.9 Å². The average molecular weight is 230 g/mol. The van der Waals surface area contributed by atoms with E-state index in [9.17, 15) is 14.7 Å². The number of carbonyl (C=O) groups is 2. The lowest BCUT2D eigenvalue weighted by Gasteiger charge is -2.26. The third kappa shape index (κ3) is 2.51. The van der Waals surface area contributed by atoms with Crippen molar-refractivity contribution in [2.24, 2.45) is 11.7 Å². The second-order valence-corrected chi connectivity index (χ2v) is 4.50. The van der Waals surface area contributed by atoms with Crippen LogP contribution in [0.3, 0.4) is 0 Å². The Labute approximate surface area is 94.0 Å². The molecule has 4 N–H and O–H groups in total. The van der Waals surface area contributed by atoms with Gasteiger partial charge in [-0.15, -0.1) is 0 Å². The van der Waals surface area contributed by atoms with Gasteiger partial charge in [-0.1, -0.05) is 13.8 Å². The minimum Gasteiger partial charge on any atom is -0.480 e. The maximum absolute atomic E-state index is 11.9. The Bertz CT molecular complexity index is 293. The van der Waals surface area contributed by atoms with E-state index < -0.39 is 30.1 Å². The molecule has 0 aliphatic carbocycles. The largest absolute Gasteiger partial charge is 0.480 e. The van der Waals surface area contributed by atoms with E-state index in [0.717, 1.165) is 4.90 Å². The van der Waals surface area contributed by atoms with Crippen LogP contribution in [0.5, 0.6) is 0 Å². The van der Waals surface area contributed by atoms with E-state index in [2.05, 4.69) is 0 Å². The number of nitrogens with two attached hydrogens (primary N) is 1. The van der Waals surface area contributed by atoms with Crippen LogP contribution in [0.4, 0.5) is 0 Å². The van der Waals surface area contributed by atoms with Gasteiger partial charge in [0.05, 0.1) is 12.1 Å². The topological polar surface area (TPSA) is 104 Å². The molecule has 3 unspecified atom stereocenters. The van der Waals surface area contributed by atoms with Gasteiger partial charge in [0.1, 0.15) is 6.04 Å². The molecule has 0 radical (unpaired) electrons.